The molecule has 0 spiro atoms. The van der Waals surface area contributed by atoms with Crippen LogP contribution in [-0.4, -0.2) is 22.9 Å². The molecule has 11 heavy (non-hydrogen) atoms. The number of rotatable bonds is 2. The quantitative estimate of drug-likeness (QED) is 0.338. The van der Waals surface area contributed by atoms with Gasteiger partial charge in [-0.05, 0) is 12.2 Å². The second kappa shape index (κ2) is 11.4. The van der Waals surface area contributed by atoms with Gasteiger partial charge in [-0.1, -0.05) is 13.2 Å². The Bertz CT molecular complexity index is 135. The van der Waals surface area contributed by atoms with Crippen LogP contribution in [0.25, 0.3) is 0 Å². The van der Waals surface area contributed by atoms with Crippen LogP contribution in [-0.2, 0) is 9.59 Å². The normalized spacial score (nSPS) is 5.82. The minimum Gasteiger partial charge on any atom is -0.545 e. The van der Waals surface area contributed by atoms with Crippen molar-refractivity contribution in [2.24, 2.45) is 0 Å². The Balaban J connectivity index is -0.000000107. The molecule has 0 bridgehead atoms. The SMILES string of the molecule is C=CC(=O)[O-].C=CC(=O)[O-].[Si+2]. The lowest BCUT2D eigenvalue weighted by atomic mass is 10.7. The van der Waals surface area contributed by atoms with Crippen LogP contribution in [0.5, 0.6) is 0 Å². The van der Waals surface area contributed by atoms with Crippen molar-refractivity contribution in [1.82, 2.24) is 0 Å². The number of aliphatic carboxylic acids is 2. The van der Waals surface area contributed by atoms with E-state index in [2.05, 4.69) is 13.2 Å². The largest absolute Gasteiger partial charge is 2.00 e. The first-order valence-electron chi connectivity index (χ1n) is 2.21. The predicted molar refractivity (Wildman–Crippen MR) is 36.2 cm³/mol. The third kappa shape index (κ3) is 54.7. The number of hydrogen-bond acceptors (Lipinski definition) is 4. The van der Waals surface area contributed by atoms with Crippen LogP contribution in [0.1, 0.15) is 0 Å². The van der Waals surface area contributed by atoms with Gasteiger partial charge in [-0.3, -0.25) is 0 Å². The molecule has 0 atom stereocenters. The molecule has 0 unspecified atom stereocenters. The Labute approximate surface area is 68.9 Å². The zero-order chi connectivity index (χ0) is 8.57. The minimum absolute atomic E-state index is 0. The molecule has 2 radical (unpaired) electrons. The van der Waals surface area contributed by atoms with E-state index in [0.717, 1.165) is 12.2 Å². The number of carboxylic acid groups (broad SMARTS) is 2. The van der Waals surface area contributed by atoms with Crippen LogP contribution in [0.3, 0.4) is 0 Å². The van der Waals surface area contributed by atoms with Crippen molar-refractivity contribution in [3.05, 3.63) is 25.3 Å². The summed E-state index contributed by atoms with van der Waals surface area (Å²) in [6.45, 7) is 5.80. The van der Waals surface area contributed by atoms with Crippen LogP contribution in [0.4, 0.5) is 0 Å². The van der Waals surface area contributed by atoms with Gasteiger partial charge in [0.15, 0.2) is 0 Å². The molecule has 0 fully saturated rings. The minimum atomic E-state index is -1.23. The zero-order valence-corrected chi connectivity index (χ0v) is 6.70. The summed E-state index contributed by atoms with van der Waals surface area (Å²) >= 11 is 0. The maximum atomic E-state index is 9.14. The molecule has 0 aromatic rings. The Morgan fingerprint density at radius 1 is 1.00 bits per heavy atom. The fourth-order valence-electron chi connectivity index (χ4n) is 0. The summed E-state index contributed by atoms with van der Waals surface area (Å²) < 4.78 is 0. The van der Waals surface area contributed by atoms with Crippen molar-refractivity contribution < 1.29 is 19.8 Å². The van der Waals surface area contributed by atoms with Crippen molar-refractivity contribution in [2.75, 3.05) is 0 Å². The average Bonchev–Trinajstić information content (AvgIpc) is 1.89. The highest BCUT2D eigenvalue weighted by molar-refractivity contribution is 5.77. The molecule has 58 valence electrons. The summed E-state index contributed by atoms with van der Waals surface area (Å²) in [6.07, 6.45) is 1.44. The first kappa shape index (κ1) is 16.3. The second-order valence-electron chi connectivity index (χ2n) is 1.05. The number of carbonyl (C=O) groups excluding carboxylic acids is 2. The van der Waals surface area contributed by atoms with Gasteiger partial charge in [0, 0.05) is 0 Å². The standard InChI is InChI=1S/2C3H4O2.Si/c2*1-2-3(4)5;/h2*2H,1H2,(H,4,5);/q;;+2/p-2. The van der Waals surface area contributed by atoms with E-state index in [-0.39, 0.29) is 11.0 Å². The average molecular weight is 170 g/mol. The first-order chi connectivity index (χ1) is 4.54. The van der Waals surface area contributed by atoms with Crippen LogP contribution in [0.15, 0.2) is 25.3 Å². The topological polar surface area (TPSA) is 80.3 Å². The maximum Gasteiger partial charge on any atom is 2.00 e. The highest BCUT2D eigenvalue weighted by Crippen LogP contribution is 1.47. The molecule has 0 aliphatic rings. The smallest absolute Gasteiger partial charge is 0.545 e. The Morgan fingerprint density at radius 2 is 1.09 bits per heavy atom. The van der Waals surface area contributed by atoms with E-state index < -0.39 is 11.9 Å². The van der Waals surface area contributed by atoms with Gasteiger partial charge < -0.3 is 19.8 Å². The van der Waals surface area contributed by atoms with E-state index in [1.165, 1.54) is 0 Å². The summed E-state index contributed by atoms with van der Waals surface area (Å²) in [4.78, 5) is 18.3. The molecule has 0 saturated carbocycles. The van der Waals surface area contributed by atoms with E-state index in [0.29, 0.717) is 0 Å². The Hall–Kier alpha value is -1.36. The third-order valence-corrected chi connectivity index (χ3v) is 0.333. The molecular weight excluding hydrogens is 164 g/mol. The zero-order valence-electron chi connectivity index (χ0n) is 5.70. The molecule has 4 nitrogen and oxygen atoms in total. The van der Waals surface area contributed by atoms with Crippen molar-refractivity contribution in [1.29, 1.82) is 0 Å². The van der Waals surface area contributed by atoms with Gasteiger partial charge >= 0.3 is 11.0 Å². The molecule has 0 N–H and O–H groups in total. The summed E-state index contributed by atoms with van der Waals surface area (Å²) in [6, 6.07) is 0. The van der Waals surface area contributed by atoms with Gasteiger partial charge in [-0.2, -0.15) is 0 Å². The number of carbonyl (C=O) groups is 2. The summed E-state index contributed by atoms with van der Waals surface area (Å²) in [7, 11) is 0. The predicted octanol–water partition coefficient (Wildman–Crippen LogP) is -2.54. The van der Waals surface area contributed by atoms with Crippen LogP contribution in [0, 0.1) is 0 Å². The Kier molecular flexibility index (Phi) is 17.0. The molecule has 0 amide bonds. The van der Waals surface area contributed by atoms with E-state index >= 15 is 0 Å². The third-order valence-electron chi connectivity index (χ3n) is 0.333. The van der Waals surface area contributed by atoms with Gasteiger partial charge in [0.25, 0.3) is 0 Å². The molecule has 0 saturated heterocycles. The van der Waals surface area contributed by atoms with E-state index in [1.54, 1.807) is 0 Å². The monoisotopic (exact) mass is 170 g/mol. The Morgan fingerprint density at radius 3 is 1.09 bits per heavy atom. The van der Waals surface area contributed by atoms with Crippen LogP contribution in [0.2, 0.25) is 0 Å². The first-order valence-corrected chi connectivity index (χ1v) is 2.21. The van der Waals surface area contributed by atoms with E-state index in [9.17, 15) is 0 Å². The number of carboxylic acids is 2. The molecule has 5 heteroatoms. The maximum absolute atomic E-state index is 9.14. The summed E-state index contributed by atoms with van der Waals surface area (Å²) in [5.41, 5.74) is 0. The lowest BCUT2D eigenvalue weighted by molar-refractivity contribution is -0.298. The molecular formula is C6H6O4Si. The molecule has 0 rings (SSSR count). The molecule has 0 aromatic carbocycles. The molecule has 0 aromatic heterocycles. The fourth-order valence-corrected chi connectivity index (χ4v) is 0. The fraction of sp³-hybridized carbons (Fsp3) is 0. The van der Waals surface area contributed by atoms with Crippen molar-refractivity contribution >= 4 is 22.9 Å². The van der Waals surface area contributed by atoms with Crippen molar-refractivity contribution in [2.45, 2.75) is 0 Å². The molecule has 0 aliphatic carbocycles. The van der Waals surface area contributed by atoms with Crippen LogP contribution >= 0.6 is 0 Å². The lowest BCUT2D eigenvalue weighted by Gasteiger charge is -1.81. The highest BCUT2D eigenvalue weighted by atomic mass is 28.1. The van der Waals surface area contributed by atoms with Gasteiger partial charge in [-0.25, -0.2) is 0 Å². The highest BCUT2D eigenvalue weighted by Gasteiger charge is 2.00. The number of hydrogen-bond donors (Lipinski definition) is 0. The van der Waals surface area contributed by atoms with Gasteiger partial charge in [0.05, 0.1) is 11.9 Å². The van der Waals surface area contributed by atoms with E-state index in [1.807, 2.05) is 0 Å². The van der Waals surface area contributed by atoms with Gasteiger partial charge in [0.2, 0.25) is 0 Å². The van der Waals surface area contributed by atoms with E-state index in [4.69, 9.17) is 19.8 Å². The van der Waals surface area contributed by atoms with Crippen molar-refractivity contribution in [3.63, 3.8) is 0 Å². The van der Waals surface area contributed by atoms with Crippen LogP contribution < -0.4 is 10.2 Å². The molecule has 0 aliphatic heterocycles. The second-order valence-corrected chi connectivity index (χ2v) is 1.05. The summed E-state index contributed by atoms with van der Waals surface area (Å²) in [5, 5.41) is 18.3. The van der Waals surface area contributed by atoms with Crippen molar-refractivity contribution in [3.8, 4) is 0 Å². The van der Waals surface area contributed by atoms with Gasteiger partial charge in [-0.15, -0.1) is 0 Å². The van der Waals surface area contributed by atoms with Gasteiger partial charge in [0.1, 0.15) is 0 Å². The lowest BCUT2D eigenvalue weighted by Crippen LogP contribution is -2.17. The summed E-state index contributed by atoms with van der Waals surface area (Å²) in [5.74, 6) is -2.46. The molecule has 0 heterocycles.